The lowest BCUT2D eigenvalue weighted by molar-refractivity contribution is -0.103. The Bertz CT molecular complexity index is 973. The molecule has 3 N–H and O–H groups in total. The van der Waals surface area contributed by atoms with Gasteiger partial charge in [-0.25, -0.2) is 4.98 Å². The smallest absolute Gasteiger partial charge is 0.274 e. The van der Waals surface area contributed by atoms with Gasteiger partial charge in [0.15, 0.2) is 0 Å². The van der Waals surface area contributed by atoms with Crippen LogP contribution in [0.1, 0.15) is 54.1 Å². The van der Waals surface area contributed by atoms with E-state index in [-0.39, 0.29) is 17.9 Å². The van der Waals surface area contributed by atoms with E-state index in [1.54, 1.807) is 21.6 Å². The first kappa shape index (κ1) is 18.6. The Morgan fingerprint density at radius 1 is 1.28 bits per heavy atom. The molecule has 3 saturated carbocycles. The first-order valence-corrected chi connectivity index (χ1v) is 10.7. The third-order valence-electron chi connectivity index (χ3n) is 7.67. The average molecular weight is 396 g/mol. The zero-order valence-electron chi connectivity index (χ0n) is 17.1. The lowest BCUT2D eigenvalue weighted by Crippen LogP contribution is -2.57. The fourth-order valence-corrected chi connectivity index (χ4v) is 5.66. The van der Waals surface area contributed by atoms with Crippen molar-refractivity contribution in [3.8, 4) is 0 Å². The summed E-state index contributed by atoms with van der Waals surface area (Å²) in [5.41, 5.74) is 7.65. The molecule has 3 heterocycles. The van der Waals surface area contributed by atoms with Crippen molar-refractivity contribution >= 4 is 17.5 Å². The van der Waals surface area contributed by atoms with E-state index in [2.05, 4.69) is 24.1 Å². The number of nitrogens with one attached hydrogen (secondary N) is 1. The van der Waals surface area contributed by atoms with Gasteiger partial charge >= 0.3 is 0 Å². The van der Waals surface area contributed by atoms with Crippen molar-refractivity contribution in [2.45, 2.75) is 39.2 Å². The zero-order valence-corrected chi connectivity index (χ0v) is 17.1. The Balaban J connectivity index is 1.30. The first-order chi connectivity index (χ1) is 13.8. The van der Waals surface area contributed by atoms with Crippen molar-refractivity contribution in [3.63, 3.8) is 0 Å². The Morgan fingerprint density at radius 2 is 2.07 bits per heavy atom. The molecule has 3 aliphatic carbocycles. The van der Waals surface area contributed by atoms with Gasteiger partial charge in [-0.1, -0.05) is 19.9 Å². The molecule has 7 nitrogen and oxygen atoms in total. The molecular formula is C22H29N5O2. The lowest BCUT2D eigenvalue weighted by atomic mass is 9.45. The number of hydrogen-bond acceptors (Lipinski definition) is 4. The van der Waals surface area contributed by atoms with Crippen LogP contribution in [-0.4, -0.2) is 51.8 Å². The minimum Gasteiger partial charge on any atom is -0.350 e. The highest BCUT2D eigenvalue weighted by Crippen LogP contribution is 2.61. The van der Waals surface area contributed by atoms with Crippen LogP contribution in [0.15, 0.2) is 24.4 Å². The van der Waals surface area contributed by atoms with E-state index in [0.717, 1.165) is 5.92 Å². The minimum atomic E-state index is -0.134. The number of pyridine rings is 1. The molecule has 29 heavy (non-hydrogen) atoms. The van der Waals surface area contributed by atoms with E-state index in [4.69, 9.17) is 5.73 Å². The Kier molecular flexibility index (Phi) is 4.21. The van der Waals surface area contributed by atoms with Crippen molar-refractivity contribution in [3.05, 3.63) is 35.8 Å². The summed E-state index contributed by atoms with van der Waals surface area (Å²) in [7, 11) is 0. The molecule has 4 aliphatic rings. The number of rotatable bonds is 4. The zero-order chi connectivity index (χ0) is 20.3. The van der Waals surface area contributed by atoms with Crippen molar-refractivity contribution in [2.75, 3.05) is 19.6 Å². The topological polar surface area (TPSA) is 92.7 Å². The molecule has 2 aromatic rings. The van der Waals surface area contributed by atoms with E-state index in [1.165, 1.54) is 19.3 Å². The molecule has 1 aliphatic heterocycles. The van der Waals surface area contributed by atoms with Crippen molar-refractivity contribution in [2.24, 2.45) is 28.9 Å². The predicted octanol–water partition coefficient (Wildman–Crippen LogP) is 1.92. The fraction of sp³-hybridized carbons (Fsp3) is 0.591. The summed E-state index contributed by atoms with van der Waals surface area (Å²) in [4.78, 5) is 31.6. The number of nitrogens with two attached hydrogens (primary N) is 1. The number of fused-ring (bicyclic) bond motifs is 3. The van der Waals surface area contributed by atoms with Crippen molar-refractivity contribution in [1.82, 2.24) is 19.6 Å². The molecule has 2 amide bonds. The van der Waals surface area contributed by atoms with Crippen LogP contribution in [0.4, 0.5) is 0 Å². The van der Waals surface area contributed by atoms with Gasteiger partial charge in [-0.2, -0.15) is 0 Å². The number of amides is 2. The summed E-state index contributed by atoms with van der Waals surface area (Å²) in [6.45, 7) is 6.56. The Hall–Kier alpha value is -2.41. The molecule has 4 fully saturated rings. The summed E-state index contributed by atoms with van der Waals surface area (Å²) in [5.74, 6) is 1.87. The van der Waals surface area contributed by atoms with Gasteiger partial charge in [0.2, 0.25) is 0 Å². The number of carbonyl (C=O) groups is 2. The summed E-state index contributed by atoms with van der Waals surface area (Å²) in [5, 5.41) is 3.14. The highest BCUT2D eigenvalue weighted by molar-refractivity contribution is 5.96. The quantitative estimate of drug-likeness (QED) is 0.827. The highest BCUT2D eigenvalue weighted by Gasteiger charge is 2.53. The van der Waals surface area contributed by atoms with Crippen LogP contribution >= 0.6 is 0 Å². The van der Waals surface area contributed by atoms with Gasteiger partial charge in [0.25, 0.3) is 11.8 Å². The molecule has 7 heteroatoms. The van der Waals surface area contributed by atoms with Crippen LogP contribution in [0.25, 0.3) is 5.65 Å². The van der Waals surface area contributed by atoms with Crippen LogP contribution in [0, 0.1) is 23.2 Å². The SMILES string of the molecule is CC1(C)[C@H]2CC[C@@H](CNC(=O)c3cccc4nc(C(=O)N5CC(N)C5)cn34)[C@H]1C2. The van der Waals surface area contributed by atoms with Gasteiger partial charge in [0, 0.05) is 31.9 Å². The number of imidazole rings is 1. The largest absolute Gasteiger partial charge is 0.350 e. The fourth-order valence-electron chi connectivity index (χ4n) is 5.66. The summed E-state index contributed by atoms with van der Waals surface area (Å²) in [6, 6.07) is 5.45. The van der Waals surface area contributed by atoms with Gasteiger partial charge in [0.05, 0.1) is 0 Å². The molecule has 154 valence electrons. The summed E-state index contributed by atoms with van der Waals surface area (Å²) >= 11 is 0. The van der Waals surface area contributed by atoms with E-state index >= 15 is 0 Å². The number of carbonyl (C=O) groups excluding carboxylic acids is 2. The van der Waals surface area contributed by atoms with Gasteiger partial charge in [-0.05, 0) is 54.6 Å². The molecule has 6 rings (SSSR count). The van der Waals surface area contributed by atoms with Crippen LogP contribution < -0.4 is 11.1 Å². The Labute approximate surface area is 170 Å². The molecule has 0 aromatic carbocycles. The standard InChI is InChI=1S/C22H29N5O2/c1-22(2)14-7-6-13(16(22)8-14)9-24-20(28)18-4-3-5-19-25-17(12-27(18)19)21(29)26-10-15(23)11-26/h3-5,12-16H,6-11,23H2,1-2H3,(H,24,28)/t13-,14-,16+/m0/s1. The van der Waals surface area contributed by atoms with Crippen molar-refractivity contribution in [1.29, 1.82) is 0 Å². The van der Waals surface area contributed by atoms with Crippen LogP contribution in [0.3, 0.4) is 0 Å². The molecular weight excluding hydrogens is 366 g/mol. The van der Waals surface area contributed by atoms with Gasteiger partial charge in [-0.15, -0.1) is 0 Å². The molecule has 3 atom stereocenters. The maximum absolute atomic E-state index is 12.9. The number of nitrogens with zero attached hydrogens (tertiary/aromatic N) is 3. The van der Waals surface area contributed by atoms with Crippen LogP contribution in [-0.2, 0) is 0 Å². The van der Waals surface area contributed by atoms with E-state index < -0.39 is 0 Å². The normalized spacial score (nSPS) is 28.0. The summed E-state index contributed by atoms with van der Waals surface area (Å²) < 4.78 is 1.71. The third-order valence-corrected chi connectivity index (χ3v) is 7.67. The Morgan fingerprint density at radius 3 is 2.76 bits per heavy atom. The van der Waals surface area contributed by atoms with Crippen molar-refractivity contribution < 1.29 is 9.59 Å². The molecule has 0 unspecified atom stereocenters. The number of aromatic nitrogens is 2. The molecule has 0 radical (unpaired) electrons. The maximum atomic E-state index is 12.9. The lowest BCUT2D eigenvalue weighted by Gasteiger charge is -2.60. The van der Waals surface area contributed by atoms with E-state index in [0.29, 0.717) is 53.9 Å². The molecule has 0 spiro atoms. The van der Waals surface area contributed by atoms with Crippen LogP contribution in [0.2, 0.25) is 0 Å². The summed E-state index contributed by atoms with van der Waals surface area (Å²) in [6.07, 6.45) is 5.44. The maximum Gasteiger partial charge on any atom is 0.274 e. The van der Waals surface area contributed by atoms with Crippen LogP contribution in [0.5, 0.6) is 0 Å². The predicted molar refractivity (Wildman–Crippen MR) is 110 cm³/mol. The average Bonchev–Trinajstić information content (AvgIpc) is 3.13. The second-order valence-electron chi connectivity index (χ2n) is 9.64. The molecule has 2 aromatic heterocycles. The number of likely N-dealkylation sites (tertiary alicyclic amines) is 1. The second-order valence-corrected chi connectivity index (χ2v) is 9.64. The van der Waals surface area contributed by atoms with Gasteiger partial charge in [0.1, 0.15) is 17.0 Å². The highest BCUT2D eigenvalue weighted by atomic mass is 16.2. The molecule has 2 bridgehead atoms. The van der Waals surface area contributed by atoms with Gasteiger partial charge in [-0.3, -0.25) is 14.0 Å². The monoisotopic (exact) mass is 395 g/mol. The molecule has 1 saturated heterocycles. The third kappa shape index (κ3) is 2.94. The van der Waals surface area contributed by atoms with E-state index in [9.17, 15) is 9.59 Å². The van der Waals surface area contributed by atoms with Gasteiger partial charge < -0.3 is 16.0 Å². The van der Waals surface area contributed by atoms with E-state index in [1.807, 2.05) is 12.1 Å². The minimum absolute atomic E-state index is 0.0491. The second kappa shape index (κ2) is 6.55. The first-order valence-electron chi connectivity index (χ1n) is 10.7. The number of hydrogen-bond donors (Lipinski definition) is 2.